The van der Waals surface area contributed by atoms with Crippen LogP contribution in [0.4, 0.5) is 11.4 Å². The van der Waals surface area contributed by atoms with Crippen molar-refractivity contribution in [1.82, 2.24) is 4.57 Å². The second-order valence-electron chi connectivity index (χ2n) is 5.57. The van der Waals surface area contributed by atoms with Crippen LogP contribution in [0.25, 0.3) is 0 Å². The lowest BCUT2D eigenvalue weighted by Crippen LogP contribution is -2.31. The third-order valence-corrected chi connectivity index (χ3v) is 4.20. The Morgan fingerprint density at radius 2 is 1.62 bits per heavy atom. The quantitative estimate of drug-likeness (QED) is 0.311. The zero-order valence-electron chi connectivity index (χ0n) is 13.4. The zero-order chi connectivity index (χ0) is 16.6. The molecule has 0 saturated heterocycles. The summed E-state index contributed by atoms with van der Waals surface area (Å²) in [6.45, 7) is 1.90. The lowest BCUT2D eigenvalue weighted by Gasteiger charge is -1.99. The normalized spacial score (nSPS) is 11.2. The Kier molecular flexibility index (Phi) is 5.90. The van der Waals surface area contributed by atoms with Crippen LogP contribution in [0.1, 0.15) is 12.0 Å². The molecule has 3 rings (SSSR count). The van der Waals surface area contributed by atoms with E-state index in [0.717, 1.165) is 36.2 Å². The summed E-state index contributed by atoms with van der Waals surface area (Å²) in [6, 6.07) is 18.0. The van der Waals surface area contributed by atoms with Crippen LogP contribution in [-0.2, 0) is 13.1 Å². The number of hydrogen-bond acceptors (Lipinski definition) is 2. The number of halogens is 1. The van der Waals surface area contributed by atoms with Gasteiger partial charge < -0.3 is 0 Å². The molecule has 24 heavy (non-hydrogen) atoms. The fraction of sp³-hybridized carbons (Fsp3) is 0.211. The first-order valence-electron chi connectivity index (χ1n) is 8.00. The van der Waals surface area contributed by atoms with Gasteiger partial charge in [-0.2, -0.15) is 10.2 Å². The summed E-state index contributed by atoms with van der Waals surface area (Å²) in [4.78, 5) is 0. The molecular weight excluding hydrogens is 364 g/mol. The number of rotatable bonds is 7. The molecule has 1 aromatic heterocycles. The minimum absolute atomic E-state index is 0.859. The second-order valence-corrected chi connectivity index (χ2v) is 6.36. The summed E-state index contributed by atoms with van der Waals surface area (Å²) < 4.78 is 4.40. The number of benzene rings is 2. The molecule has 5 heteroatoms. The molecule has 122 valence electrons. The molecule has 0 aliphatic rings. The van der Waals surface area contributed by atoms with Gasteiger partial charge in [0.1, 0.15) is 18.9 Å². The van der Waals surface area contributed by atoms with E-state index in [4.69, 9.17) is 0 Å². The molecule has 0 aliphatic carbocycles. The first-order valence-corrected chi connectivity index (χ1v) is 9.12. The van der Waals surface area contributed by atoms with Gasteiger partial charge in [-0.15, -0.1) is 0 Å². The fourth-order valence-electron chi connectivity index (χ4n) is 2.40. The first-order chi connectivity index (χ1) is 11.8. The van der Waals surface area contributed by atoms with Crippen LogP contribution in [0.15, 0.2) is 83.5 Å². The number of imidazole rings is 1. The Morgan fingerprint density at radius 1 is 0.917 bits per heavy atom. The standard InChI is InChI=1S/C19H20BrN4/c20-11-4-12-23-13-14-24(16-23)15-17-7-9-19(10-8-17)22-21-18-5-2-1-3-6-18/h1-3,5-10,13-14,16H,4,11-12,15H2/q+1. The zero-order valence-corrected chi connectivity index (χ0v) is 15.0. The fourth-order valence-corrected chi connectivity index (χ4v) is 2.65. The molecule has 0 atom stereocenters. The van der Waals surface area contributed by atoms with Crippen molar-refractivity contribution in [3.63, 3.8) is 0 Å². The molecule has 0 N–H and O–H groups in total. The number of nitrogens with zero attached hydrogens (tertiary/aromatic N) is 4. The van der Waals surface area contributed by atoms with Gasteiger partial charge in [0.25, 0.3) is 0 Å². The maximum Gasteiger partial charge on any atom is 0.244 e. The van der Waals surface area contributed by atoms with E-state index < -0.39 is 0 Å². The van der Waals surface area contributed by atoms with Gasteiger partial charge in [0, 0.05) is 5.33 Å². The smallest absolute Gasteiger partial charge is 0.237 e. The highest BCUT2D eigenvalue weighted by atomic mass is 79.9. The van der Waals surface area contributed by atoms with Gasteiger partial charge in [-0.25, -0.2) is 9.13 Å². The van der Waals surface area contributed by atoms with E-state index in [1.807, 2.05) is 42.5 Å². The van der Waals surface area contributed by atoms with Gasteiger partial charge in [0.2, 0.25) is 6.33 Å². The molecule has 2 aromatic carbocycles. The van der Waals surface area contributed by atoms with Gasteiger partial charge in [0.15, 0.2) is 0 Å². The highest BCUT2D eigenvalue weighted by Crippen LogP contribution is 2.18. The predicted molar refractivity (Wildman–Crippen MR) is 99.2 cm³/mol. The van der Waals surface area contributed by atoms with E-state index >= 15 is 0 Å². The number of azo groups is 1. The van der Waals surface area contributed by atoms with Gasteiger partial charge in [-0.1, -0.05) is 46.3 Å². The van der Waals surface area contributed by atoms with Crippen molar-refractivity contribution in [2.24, 2.45) is 10.2 Å². The highest BCUT2D eigenvalue weighted by molar-refractivity contribution is 9.09. The third kappa shape index (κ3) is 4.86. The molecule has 0 radical (unpaired) electrons. The molecule has 0 fully saturated rings. The molecule has 0 bridgehead atoms. The highest BCUT2D eigenvalue weighted by Gasteiger charge is 2.04. The maximum absolute atomic E-state index is 4.27. The predicted octanol–water partition coefficient (Wildman–Crippen LogP) is 5.02. The number of hydrogen-bond donors (Lipinski definition) is 0. The van der Waals surface area contributed by atoms with E-state index in [1.54, 1.807) is 0 Å². The van der Waals surface area contributed by atoms with Crippen molar-refractivity contribution < 1.29 is 4.57 Å². The van der Waals surface area contributed by atoms with E-state index in [0.29, 0.717) is 0 Å². The SMILES string of the molecule is BrCCCn1cc[n+](Cc2ccc(N=Nc3ccccc3)cc2)c1. The number of alkyl halides is 1. The summed E-state index contributed by atoms with van der Waals surface area (Å²) in [5.74, 6) is 0. The Hall–Kier alpha value is -2.27. The Labute approximate surface area is 150 Å². The molecule has 0 saturated carbocycles. The minimum atomic E-state index is 0.859. The summed E-state index contributed by atoms with van der Waals surface area (Å²) in [5.41, 5.74) is 2.97. The van der Waals surface area contributed by atoms with Crippen molar-refractivity contribution in [1.29, 1.82) is 0 Å². The van der Waals surface area contributed by atoms with Gasteiger partial charge in [-0.3, -0.25) is 0 Å². The molecule has 4 nitrogen and oxygen atoms in total. The maximum atomic E-state index is 4.27. The Morgan fingerprint density at radius 3 is 2.33 bits per heavy atom. The van der Waals surface area contributed by atoms with Crippen molar-refractivity contribution in [3.05, 3.63) is 78.9 Å². The van der Waals surface area contributed by atoms with Crippen LogP contribution in [0.5, 0.6) is 0 Å². The first kappa shape index (κ1) is 16.6. The summed E-state index contributed by atoms with van der Waals surface area (Å²) in [7, 11) is 0. The van der Waals surface area contributed by atoms with Gasteiger partial charge in [-0.05, 0) is 36.2 Å². The lowest BCUT2D eigenvalue weighted by atomic mass is 10.2. The largest absolute Gasteiger partial charge is 0.244 e. The lowest BCUT2D eigenvalue weighted by molar-refractivity contribution is -0.687. The van der Waals surface area contributed by atoms with Crippen molar-refractivity contribution >= 4 is 27.3 Å². The number of aryl methyl sites for hydroxylation is 1. The Bertz CT molecular complexity index is 779. The van der Waals surface area contributed by atoms with E-state index in [2.05, 4.69) is 66.1 Å². The molecule has 0 spiro atoms. The summed E-state index contributed by atoms with van der Waals surface area (Å²) in [5, 5.41) is 9.54. The van der Waals surface area contributed by atoms with Crippen LogP contribution in [-0.4, -0.2) is 9.90 Å². The van der Waals surface area contributed by atoms with Crippen molar-refractivity contribution in [3.8, 4) is 0 Å². The second kappa shape index (κ2) is 8.55. The van der Waals surface area contributed by atoms with Crippen LogP contribution < -0.4 is 4.57 Å². The van der Waals surface area contributed by atoms with Gasteiger partial charge in [0.05, 0.1) is 17.9 Å². The monoisotopic (exact) mass is 383 g/mol. The minimum Gasteiger partial charge on any atom is -0.237 e. The van der Waals surface area contributed by atoms with E-state index in [1.165, 1.54) is 5.56 Å². The summed E-state index contributed by atoms with van der Waals surface area (Å²) in [6.07, 6.45) is 7.50. The van der Waals surface area contributed by atoms with Crippen LogP contribution in [0.3, 0.4) is 0 Å². The molecule has 1 heterocycles. The van der Waals surface area contributed by atoms with E-state index in [-0.39, 0.29) is 0 Å². The van der Waals surface area contributed by atoms with E-state index in [9.17, 15) is 0 Å². The molecule has 0 aliphatic heterocycles. The van der Waals surface area contributed by atoms with Crippen LogP contribution >= 0.6 is 15.9 Å². The topological polar surface area (TPSA) is 33.5 Å². The van der Waals surface area contributed by atoms with Crippen molar-refractivity contribution in [2.75, 3.05) is 5.33 Å². The van der Waals surface area contributed by atoms with Gasteiger partial charge >= 0.3 is 0 Å². The average Bonchev–Trinajstić information content (AvgIpc) is 3.07. The third-order valence-electron chi connectivity index (χ3n) is 3.63. The molecule has 0 unspecified atom stereocenters. The molecule has 3 aromatic rings. The van der Waals surface area contributed by atoms with Crippen LogP contribution in [0.2, 0.25) is 0 Å². The van der Waals surface area contributed by atoms with Crippen molar-refractivity contribution in [2.45, 2.75) is 19.5 Å². The van der Waals surface area contributed by atoms with Crippen LogP contribution in [0, 0.1) is 0 Å². The Balaban J connectivity index is 1.60. The average molecular weight is 384 g/mol. The number of aromatic nitrogens is 2. The molecular formula is C19H20BrN4+. The summed E-state index contributed by atoms with van der Waals surface area (Å²) >= 11 is 3.47. The molecule has 0 amide bonds.